The summed E-state index contributed by atoms with van der Waals surface area (Å²) in [5.74, 6) is -0.487. The highest BCUT2D eigenvalue weighted by Crippen LogP contribution is 2.41. The summed E-state index contributed by atoms with van der Waals surface area (Å²) in [4.78, 5) is 22.5. The number of rotatable bonds is 3. The van der Waals surface area contributed by atoms with Gasteiger partial charge in [-0.3, -0.25) is 4.79 Å². The summed E-state index contributed by atoms with van der Waals surface area (Å²) >= 11 is 0. The van der Waals surface area contributed by atoms with Gasteiger partial charge in [0.1, 0.15) is 5.54 Å². The number of aliphatic carboxylic acids is 1. The van der Waals surface area contributed by atoms with Gasteiger partial charge in [0, 0.05) is 7.05 Å². The first kappa shape index (κ1) is 9.03. The molecule has 1 aliphatic carbocycles. The van der Waals surface area contributed by atoms with Crippen molar-refractivity contribution >= 4 is 12.4 Å². The molecule has 0 aliphatic heterocycles. The van der Waals surface area contributed by atoms with Gasteiger partial charge in [-0.15, -0.1) is 0 Å². The second-order valence-corrected chi connectivity index (χ2v) is 3.57. The highest BCUT2D eigenvalue weighted by molar-refractivity contribution is 5.82. The predicted octanol–water partition coefficient (Wildman–Crippen LogP) is 0.328. The van der Waals surface area contributed by atoms with E-state index in [9.17, 15) is 9.59 Å². The van der Waals surface area contributed by atoms with Gasteiger partial charge in [0.05, 0.1) is 0 Å². The number of hydrogen-bond donors (Lipinski definition) is 1. The van der Waals surface area contributed by atoms with E-state index < -0.39 is 11.5 Å². The van der Waals surface area contributed by atoms with E-state index in [0.717, 1.165) is 0 Å². The summed E-state index contributed by atoms with van der Waals surface area (Å²) in [5.41, 5.74) is -0.916. The van der Waals surface area contributed by atoms with E-state index in [-0.39, 0.29) is 0 Å². The van der Waals surface area contributed by atoms with Crippen LogP contribution in [-0.2, 0) is 9.59 Å². The average molecular weight is 171 g/mol. The molecule has 1 aliphatic rings. The molecule has 0 bridgehead atoms. The molecule has 68 valence electrons. The Hall–Kier alpha value is -1.06. The fraction of sp³-hybridized carbons (Fsp3) is 0.750. The molecule has 12 heavy (non-hydrogen) atoms. The number of carbonyl (C=O) groups excluding carboxylic acids is 1. The van der Waals surface area contributed by atoms with Crippen molar-refractivity contribution in [1.82, 2.24) is 4.90 Å². The summed E-state index contributed by atoms with van der Waals surface area (Å²) in [5, 5.41) is 8.90. The normalized spacial score (nSPS) is 33.7. The molecule has 0 atom stereocenters. The Morgan fingerprint density at radius 3 is 2.42 bits per heavy atom. The van der Waals surface area contributed by atoms with Crippen LogP contribution >= 0.6 is 0 Å². The largest absolute Gasteiger partial charge is 0.479 e. The lowest BCUT2D eigenvalue weighted by atomic mass is 9.68. The van der Waals surface area contributed by atoms with Crippen LogP contribution in [-0.4, -0.2) is 35.0 Å². The summed E-state index contributed by atoms with van der Waals surface area (Å²) in [7, 11) is 1.52. The van der Waals surface area contributed by atoms with Crippen molar-refractivity contribution in [3.05, 3.63) is 0 Å². The summed E-state index contributed by atoms with van der Waals surface area (Å²) in [6.45, 7) is 1.99. The topological polar surface area (TPSA) is 57.6 Å². The fourth-order valence-electron chi connectivity index (χ4n) is 1.81. The van der Waals surface area contributed by atoms with Crippen LogP contribution < -0.4 is 0 Å². The van der Waals surface area contributed by atoms with Gasteiger partial charge in [0.25, 0.3) is 0 Å². The maximum absolute atomic E-state index is 10.8. The molecule has 4 heteroatoms. The second-order valence-electron chi connectivity index (χ2n) is 3.57. The maximum Gasteiger partial charge on any atom is 0.329 e. The van der Waals surface area contributed by atoms with Gasteiger partial charge in [-0.1, -0.05) is 6.92 Å². The van der Waals surface area contributed by atoms with Crippen LogP contribution in [0, 0.1) is 5.92 Å². The van der Waals surface area contributed by atoms with Crippen molar-refractivity contribution in [2.24, 2.45) is 5.92 Å². The molecule has 0 heterocycles. The molecule has 0 aromatic rings. The van der Waals surface area contributed by atoms with Crippen molar-refractivity contribution in [3.8, 4) is 0 Å². The first-order valence-corrected chi connectivity index (χ1v) is 3.94. The summed E-state index contributed by atoms with van der Waals surface area (Å²) in [6.07, 6.45) is 1.72. The minimum Gasteiger partial charge on any atom is -0.479 e. The molecule has 1 saturated carbocycles. The number of carboxylic acid groups (broad SMARTS) is 1. The maximum atomic E-state index is 10.8. The van der Waals surface area contributed by atoms with Gasteiger partial charge in [0.15, 0.2) is 0 Å². The smallest absolute Gasteiger partial charge is 0.329 e. The molecule has 0 saturated heterocycles. The Morgan fingerprint density at radius 2 is 2.17 bits per heavy atom. The first-order valence-electron chi connectivity index (χ1n) is 3.94. The SMILES string of the molecule is CC1CC(C(=O)O)(N(C)C=O)C1. The monoisotopic (exact) mass is 171 g/mol. The number of carbonyl (C=O) groups is 2. The molecular weight excluding hydrogens is 158 g/mol. The third kappa shape index (κ3) is 1.07. The molecule has 1 fully saturated rings. The molecule has 0 aromatic carbocycles. The highest BCUT2D eigenvalue weighted by Gasteiger charge is 2.51. The van der Waals surface area contributed by atoms with E-state index in [4.69, 9.17) is 5.11 Å². The Labute approximate surface area is 71.2 Å². The number of carboxylic acids is 1. The van der Waals surface area contributed by atoms with Crippen molar-refractivity contribution in [2.45, 2.75) is 25.3 Å². The highest BCUT2D eigenvalue weighted by atomic mass is 16.4. The van der Waals surface area contributed by atoms with Crippen LogP contribution in [0.3, 0.4) is 0 Å². The Bertz CT molecular complexity index is 208. The summed E-state index contributed by atoms with van der Waals surface area (Å²) in [6, 6.07) is 0. The van der Waals surface area contributed by atoms with E-state index >= 15 is 0 Å². The van der Waals surface area contributed by atoms with Crippen molar-refractivity contribution in [2.75, 3.05) is 7.05 Å². The Balaban J connectivity index is 2.76. The predicted molar refractivity (Wildman–Crippen MR) is 42.6 cm³/mol. The van der Waals surface area contributed by atoms with Crippen molar-refractivity contribution in [3.63, 3.8) is 0 Å². The first-order chi connectivity index (χ1) is 5.53. The zero-order valence-corrected chi connectivity index (χ0v) is 7.28. The van der Waals surface area contributed by atoms with Crippen LogP contribution in [0.4, 0.5) is 0 Å². The molecule has 0 radical (unpaired) electrons. The molecule has 1 N–H and O–H groups in total. The number of likely N-dealkylation sites (N-methyl/N-ethyl adjacent to an activating group) is 1. The second kappa shape index (κ2) is 2.77. The van der Waals surface area contributed by atoms with Gasteiger partial charge < -0.3 is 10.0 Å². The van der Waals surface area contributed by atoms with Crippen molar-refractivity contribution < 1.29 is 14.7 Å². The van der Waals surface area contributed by atoms with Gasteiger partial charge in [-0.05, 0) is 18.8 Å². The lowest BCUT2D eigenvalue weighted by Gasteiger charge is -2.47. The minimum absolute atomic E-state index is 0.406. The van der Waals surface area contributed by atoms with Gasteiger partial charge >= 0.3 is 5.97 Å². The van der Waals surface area contributed by atoms with Crippen LogP contribution in [0.15, 0.2) is 0 Å². The molecule has 1 amide bonds. The third-order valence-corrected chi connectivity index (χ3v) is 2.60. The zero-order chi connectivity index (χ0) is 9.35. The number of amides is 1. The summed E-state index contributed by atoms with van der Waals surface area (Å²) < 4.78 is 0. The van der Waals surface area contributed by atoms with Crippen LogP contribution in [0.1, 0.15) is 19.8 Å². The average Bonchev–Trinajstić information content (AvgIpc) is 1.96. The standard InChI is InChI=1S/C8H13NO3/c1-6-3-8(4-6,7(11)12)9(2)5-10/h5-6H,3-4H2,1-2H3,(H,11,12). The van der Waals surface area contributed by atoms with E-state index in [2.05, 4.69) is 0 Å². The Kier molecular flexibility index (Phi) is 2.08. The van der Waals surface area contributed by atoms with Gasteiger partial charge in [-0.2, -0.15) is 0 Å². The van der Waals surface area contributed by atoms with E-state index in [1.165, 1.54) is 11.9 Å². The van der Waals surface area contributed by atoms with E-state index in [0.29, 0.717) is 25.2 Å². The van der Waals surface area contributed by atoms with Crippen LogP contribution in [0.5, 0.6) is 0 Å². The third-order valence-electron chi connectivity index (χ3n) is 2.60. The van der Waals surface area contributed by atoms with Gasteiger partial charge in [-0.25, -0.2) is 4.79 Å². The van der Waals surface area contributed by atoms with Crippen LogP contribution in [0.25, 0.3) is 0 Å². The van der Waals surface area contributed by atoms with Crippen molar-refractivity contribution in [1.29, 1.82) is 0 Å². The van der Waals surface area contributed by atoms with E-state index in [1.54, 1.807) is 0 Å². The zero-order valence-electron chi connectivity index (χ0n) is 7.28. The molecule has 1 rings (SSSR count). The lowest BCUT2D eigenvalue weighted by Crippen LogP contribution is -2.60. The molecular formula is C8H13NO3. The number of nitrogens with zero attached hydrogens (tertiary/aromatic N) is 1. The quantitative estimate of drug-likeness (QED) is 0.622. The van der Waals surface area contributed by atoms with E-state index in [1.807, 2.05) is 6.92 Å². The molecule has 0 aromatic heterocycles. The van der Waals surface area contributed by atoms with Crippen LogP contribution in [0.2, 0.25) is 0 Å². The molecule has 0 spiro atoms. The molecule has 4 nitrogen and oxygen atoms in total. The number of hydrogen-bond acceptors (Lipinski definition) is 2. The van der Waals surface area contributed by atoms with Gasteiger partial charge in [0.2, 0.25) is 6.41 Å². The molecule has 0 unspecified atom stereocenters. The Morgan fingerprint density at radius 1 is 1.67 bits per heavy atom. The lowest BCUT2D eigenvalue weighted by molar-refractivity contribution is -0.163. The minimum atomic E-state index is -0.916. The fourth-order valence-corrected chi connectivity index (χ4v) is 1.81.